The summed E-state index contributed by atoms with van der Waals surface area (Å²) in [6.07, 6.45) is 3.29. The van der Waals surface area contributed by atoms with Crippen LogP contribution in [0.4, 0.5) is 11.8 Å². The van der Waals surface area contributed by atoms with Crippen LogP contribution in [0.5, 0.6) is 0 Å². The molecular formula is C18H26N8O. The van der Waals surface area contributed by atoms with Gasteiger partial charge in [-0.15, -0.1) is 0 Å². The topological polar surface area (TPSA) is 93.3 Å². The molecule has 2 aromatic rings. The number of H-pyrrole nitrogens is 1. The second kappa shape index (κ2) is 6.80. The van der Waals surface area contributed by atoms with Crippen molar-refractivity contribution in [2.24, 2.45) is 0 Å². The van der Waals surface area contributed by atoms with Crippen molar-refractivity contribution < 1.29 is 4.79 Å². The van der Waals surface area contributed by atoms with Crippen molar-refractivity contribution in [1.82, 2.24) is 30.2 Å². The minimum atomic E-state index is -0.384. The van der Waals surface area contributed by atoms with E-state index >= 15 is 0 Å². The van der Waals surface area contributed by atoms with Crippen LogP contribution in [-0.4, -0.2) is 72.0 Å². The van der Waals surface area contributed by atoms with Crippen LogP contribution < -0.4 is 15.1 Å². The van der Waals surface area contributed by atoms with Crippen LogP contribution in [0.25, 0.3) is 0 Å². The average molecular weight is 370 g/mol. The van der Waals surface area contributed by atoms with Gasteiger partial charge in [0.05, 0.1) is 24.3 Å². The normalized spacial score (nSPS) is 18.7. The Bertz CT molecular complexity index is 859. The Morgan fingerprint density at radius 3 is 2.74 bits per heavy atom. The molecule has 0 saturated carbocycles. The van der Waals surface area contributed by atoms with E-state index in [4.69, 9.17) is 4.98 Å². The Balaban J connectivity index is 1.63. The van der Waals surface area contributed by atoms with Gasteiger partial charge in [-0.05, 0) is 6.42 Å². The number of amides is 1. The Morgan fingerprint density at radius 2 is 2.00 bits per heavy atom. The molecule has 1 unspecified atom stereocenters. The number of rotatable bonds is 3. The molecule has 4 rings (SSSR count). The Morgan fingerprint density at radius 1 is 1.19 bits per heavy atom. The number of carbonyl (C=O) groups is 1. The van der Waals surface area contributed by atoms with Crippen LogP contribution >= 0.6 is 0 Å². The number of nitrogens with zero attached hydrogens (tertiary/aromatic N) is 6. The van der Waals surface area contributed by atoms with E-state index in [2.05, 4.69) is 20.3 Å². The van der Waals surface area contributed by atoms with Gasteiger partial charge in [-0.25, -0.2) is 9.97 Å². The number of nitrogens with one attached hydrogen (secondary N) is 2. The molecule has 0 saturated heterocycles. The number of hydrogen-bond donors (Lipinski definition) is 2. The van der Waals surface area contributed by atoms with Crippen molar-refractivity contribution in [3.63, 3.8) is 0 Å². The lowest BCUT2D eigenvalue weighted by atomic mass is 10.0. The summed E-state index contributed by atoms with van der Waals surface area (Å²) in [5.74, 6) is 1.66. The van der Waals surface area contributed by atoms with Crippen LogP contribution in [0.2, 0.25) is 0 Å². The summed E-state index contributed by atoms with van der Waals surface area (Å²) in [5, 5.41) is 3.32. The van der Waals surface area contributed by atoms with Crippen molar-refractivity contribution in [1.29, 1.82) is 0 Å². The lowest BCUT2D eigenvalue weighted by Crippen LogP contribution is -2.46. The van der Waals surface area contributed by atoms with E-state index in [1.54, 1.807) is 6.33 Å². The molecule has 4 heterocycles. The maximum absolute atomic E-state index is 13.2. The summed E-state index contributed by atoms with van der Waals surface area (Å²) in [5.41, 5.74) is 3.93. The minimum absolute atomic E-state index is 0.0603. The molecule has 2 N–H and O–H groups in total. The van der Waals surface area contributed by atoms with Gasteiger partial charge in [0.25, 0.3) is 0 Å². The van der Waals surface area contributed by atoms with Gasteiger partial charge in [0.15, 0.2) is 0 Å². The van der Waals surface area contributed by atoms with Crippen molar-refractivity contribution in [2.45, 2.75) is 25.4 Å². The Kier molecular flexibility index (Phi) is 4.47. The predicted molar refractivity (Wildman–Crippen MR) is 103 cm³/mol. The molecule has 2 aliphatic rings. The predicted octanol–water partition coefficient (Wildman–Crippen LogP) is 0.103. The highest BCUT2D eigenvalue weighted by Gasteiger charge is 2.34. The van der Waals surface area contributed by atoms with Gasteiger partial charge in [0, 0.05) is 59.0 Å². The first kappa shape index (κ1) is 17.7. The van der Waals surface area contributed by atoms with Crippen LogP contribution in [0.15, 0.2) is 6.33 Å². The van der Waals surface area contributed by atoms with E-state index in [1.807, 2.05) is 42.9 Å². The van der Waals surface area contributed by atoms with Crippen molar-refractivity contribution >= 4 is 17.7 Å². The second-order valence-corrected chi connectivity index (χ2v) is 7.47. The van der Waals surface area contributed by atoms with E-state index in [0.29, 0.717) is 19.0 Å². The van der Waals surface area contributed by atoms with E-state index < -0.39 is 0 Å². The summed E-state index contributed by atoms with van der Waals surface area (Å²) in [7, 11) is 7.84. The molecule has 1 amide bonds. The summed E-state index contributed by atoms with van der Waals surface area (Å²) >= 11 is 0. The van der Waals surface area contributed by atoms with E-state index in [0.717, 1.165) is 47.8 Å². The number of hydrogen-bond acceptors (Lipinski definition) is 7. The second-order valence-electron chi connectivity index (χ2n) is 7.47. The maximum Gasteiger partial charge on any atom is 0.246 e. The highest BCUT2D eigenvalue weighted by Crippen LogP contribution is 2.29. The number of aromatic nitrogens is 4. The zero-order valence-corrected chi connectivity index (χ0v) is 16.3. The molecule has 27 heavy (non-hydrogen) atoms. The quantitative estimate of drug-likeness (QED) is 0.792. The van der Waals surface area contributed by atoms with Crippen LogP contribution in [0, 0.1) is 0 Å². The molecule has 0 radical (unpaired) electrons. The molecule has 0 bridgehead atoms. The monoisotopic (exact) mass is 370 g/mol. The molecule has 0 aromatic carbocycles. The minimum Gasteiger partial charge on any atom is -0.362 e. The standard InChI is InChI=1S/C18H26N8O/c1-24(2)16-11-6-8-26(9-13(11)22-18(23-16)25(3)4)17(27)15-14-12(5-7-19-15)20-10-21-14/h10,15,19H,5-9H2,1-4H3,(H,20,21). The number of aromatic amines is 1. The zero-order chi connectivity index (χ0) is 19.1. The van der Waals surface area contributed by atoms with Crippen molar-refractivity contribution in [3.05, 3.63) is 29.0 Å². The summed E-state index contributed by atoms with van der Waals surface area (Å²) < 4.78 is 0. The zero-order valence-electron chi connectivity index (χ0n) is 16.3. The van der Waals surface area contributed by atoms with Gasteiger partial charge in [0.1, 0.15) is 11.9 Å². The first-order valence-corrected chi connectivity index (χ1v) is 9.24. The number of fused-ring (bicyclic) bond motifs is 2. The van der Waals surface area contributed by atoms with Gasteiger partial charge < -0.3 is 25.0 Å². The van der Waals surface area contributed by atoms with E-state index in [9.17, 15) is 4.79 Å². The first-order valence-electron chi connectivity index (χ1n) is 9.24. The third kappa shape index (κ3) is 3.12. The third-order valence-corrected chi connectivity index (χ3v) is 5.16. The lowest BCUT2D eigenvalue weighted by molar-refractivity contribution is -0.134. The largest absolute Gasteiger partial charge is 0.362 e. The summed E-state index contributed by atoms with van der Waals surface area (Å²) in [4.78, 5) is 35.9. The fourth-order valence-corrected chi connectivity index (χ4v) is 3.76. The van der Waals surface area contributed by atoms with Gasteiger partial charge in [-0.3, -0.25) is 4.79 Å². The van der Waals surface area contributed by atoms with E-state index in [1.165, 1.54) is 0 Å². The highest BCUT2D eigenvalue weighted by molar-refractivity contribution is 5.83. The molecule has 144 valence electrons. The van der Waals surface area contributed by atoms with Crippen molar-refractivity contribution in [2.75, 3.05) is 51.1 Å². The SMILES string of the molecule is CN(C)c1nc2c(c(N(C)C)n1)CCN(C(=O)C1NCCc3[nH]cnc31)C2. The van der Waals surface area contributed by atoms with Gasteiger partial charge in [-0.1, -0.05) is 0 Å². The van der Waals surface area contributed by atoms with Crippen LogP contribution in [-0.2, 0) is 24.2 Å². The van der Waals surface area contributed by atoms with Gasteiger partial charge in [-0.2, -0.15) is 4.98 Å². The molecule has 0 fully saturated rings. The third-order valence-electron chi connectivity index (χ3n) is 5.16. The Labute approximate surface area is 158 Å². The highest BCUT2D eigenvalue weighted by atomic mass is 16.2. The van der Waals surface area contributed by atoms with Crippen LogP contribution in [0.3, 0.4) is 0 Å². The molecule has 9 heteroatoms. The maximum atomic E-state index is 13.2. The van der Waals surface area contributed by atoms with Gasteiger partial charge in [0.2, 0.25) is 11.9 Å². The molecular weight excluding hydrogens is 344 g/mol. The molecule has 2 aliphatic heterocycles. The van der Waals surface area contributed by atoms with Crippen LogP contribution in [0.1, 0.15) is 28.7 Å². The molecule has 1 atom stereocenters. The number of carbonyl (C=O) groups excluding carboxylic acids is 1. The first-order chi connectivity index (χ1) is 13.0. The molecule has 2 aromatic heterocycles. The summed E-state index contributed by atoms with van der Waals surface area (Å²) in [6.45, 7) is 1.93. The smallest absolute Gasteiger partial charge is 0.246 e. The van der Waals surface area contributed by atoms with Crippen molar-refractivity contribution in [3.8, 4) is 0 Å². The van der Waals surface area contributed by atoms with Gasteiger partial charge >= 0.3 is 0 Å². The summed E-state index contributed by atoms with van der Waals surface area (Å²) in [6, 6.07) is -0.384. The molecule has 9 nitrogen and oxygen atoms in total. The fourth-order valence-electron chi connectivity index (χ4n) is 3.76. The molecule has 0 aliphatic carbocycles. The Hall–Kier alpha value is -2.68. The average Bonchev–Trinajstić information content (AvgIpc) is 3.14. The number of imidazole rings is 1. The fraction of sp³-hybridized carbons (Fsp3) is 0.556. The lowest BCUT2D eigenvalue weighted by Gasteiger charge is -2.34. The molecule has 0 spiro atoms. The number of anilines is 2. The van der Waals surface area contributed by atoms with E-state index in [-0.39, 0.29) is 11.9 Å².